The summed E-state index contributed by atoms with van der Waals surface area (Å²) in [7, 11) is 1.51. The molecule has 3 aromatic rings. The second kappa shape index (κ2) is 10.6. The highest BCUT2D eigenvalue weighted by Crippen LogP contribution is 2.46. The Kier molecular flexibility index (Phi) is 7.34. The van der Waals surface area contributed by atoms with Gasteiger partial charge in [0.15, 0.2) is 11.6 Å². The topological polar surface area (TPSA) is 100 Å². The molecule has 9 nitrogen and oxygen atoms in total. The van der Waals surface area contributed by atoms with Crippen LogP contribution in [0, 0.1) is 31.1 Å². The van der Waals surface area contributed by atoms with Gasteiger partial charge in [0.2, 0.25) is 0 Å². The Hall–Kier alpha value is -3.87. The monoisotopic (exact) mass is 547 g/mol. The summed E-state index contributed by atoms with van der Waals surface area (Å²) in [5.74, 6) is -0.894. The predicted molar refractivity (Wildman–Crippen MR) is 144 cm³/mol. The number of methoxy groups -OCH3 is 1. The third-order valence-electron chi connectivity index (χ3n) is 8.43. The Balaban J connectivity index is 1.38. The molecule has 2 atom stereocenters. The normalized spacial score (nSPS) is 21.9. The molecule has 210 valence electrons. The number of hydrogen-bond donors (Lipinski definition) is 0. The lowest BCUT2D eigenvalue weighted by molar-refractivity contribution is -0.185. The number of aromatic nitrogens is 4. The van der Waals surface area contributed by atoms with Crippen LogP contribution in [0.1, 0.15) is 74.9 Å². The second-order valence-corrected chi connectivity index (χ2v) is 11.6. The summed E-state index contributed by atoms with van der Waals surface area (Å²) < 4.78 is 28.5. The summed E-state index contributed by atoms with van der Waals surface area (Å²) in [4.78, 5) is 39.1. The molecule has 0 radical (unpaired) electrons. The number of benzene rings is 1. The largest absolute Gasteiger partial charge is 0.496 e. The zero-order valence-corrected chi connectivity index (χ0v) is 23.4. The van der Waals surface area contributed by atoms with Crippen molar-refractivity contribution in [3.63, 3.8) is 0 Å². The Labute approximate surface area is 232 Å². The summed E-state index contributed by atoms with van der Waals surface area (Å²) in [6, 6.07) is 2.99. The number of ketones is 1. The van der Waals surface area contributed by atoms with Gasteiger partial charge in [0, 0.05) is 39.1 Å². The Morgan fingerprint density at radius 1 is 1.27 bits per heavy atom. The molecule has 1 saturated heterocycles. The summed E-state index contributed by atoms with van der Waals surface area (Å²) in [6.45, 7) is 12.7. The number of halogens is 1. The highest BCUT2D eigenvalue weighted by atomic mass is 19.1. The fourth-order valence-electron chi connectivity index (χ4n) is 6.12. The number of carbonyl (C=O) groups is 2. The molecule has 40 heavy (non-hydrogen) atoms. The quantitative estimate of drug-likeness (QED) is 0.223. The van der Waals surface area contributed by atoms with Crippen molar-refractivity contribution in [1.82, 2.24) is 19.6 Å². The Morgan fingerprint density at radius 2 is 2.02 bits per heavy atom. The molecule has 1 aliphatic heterocycles. The van der Waals surface area contributed by atoms with Crippen molar-refractivity contribution < 1.29 is 23.5 Å². The smallest absolute Gasteiger partial charge is 0.317 e. The first-order valence-electron chi connectivity index (χ1n) is 13.7. The Bertz CT molecular complexity index is 1480. The first kappa shape index (κ1) is 27.7. The molecule has 3 heterocycles. The summed E-state index contributed by atoms with van der Waals surface area (Å²) in [5, 5.41) is 4.40. The molecule has 10 heteroatoms. The van der Waals surface area contributed by atoms with Crippen LogP contribution in [0.15, 0.2) is 24.5 Å². The van der Waals surface area contributed by atoms with Crippen molar-refractivity contribution in [1.29, 1.82) is 0 Å². The van der Waals surface area contributed by atoms with Crippen molar-refractivity contribution in [2.45, 2.75) is 83.3 Å². The number of hydrogen-bond acceptors (Lipinski definition) is 7. The van der Waals surface area contributed by atoms with Crippen LogP contribution in [0.2, 0.25) is 0 Å². The lowest BCUT2D eigenvalue weighted by atomic mass is 9.73. The van der Waals surface area contributed by atoms with Gasteiger partial charge in [0.05, 0.1) is 12.7 Å². The van der Waals surface area contributed by atoms with Crippen LogP contribution >= 0.6 is 0 Å². The third kappa shape index (κ3) is 5.17. The molecule has 2 aliphatic rings. The maximum atomic E-state index is 15.1. The summed E-state index contributed by atoms with van der Waals surface area (Å²) in [6.07, 6.45) is 8.13. The molecule has 0 bridgehead atoms. The van der Waals surface area contributed by atoms with E-state index in [1.54, 1.807) is 36.8 Å². The number of esters is 1. The van der Waals surface area contributed by atoms with Crippen molar-refractivity contribution >= 4 is 17.5 Å². The van der Waals surface area contributed by atoms with Crippen LogP contribution < -0.4 is 4.74 Å². The van der Waals surface area contributed by atoms with Crippen LogP contribution in [-0.4, -0.2) is 44.0 Å². The molecule has 1 saturated carbocycles. The number of carbonyl (C=O) groups excluding carboxylic acids is 2. The number of rotatable bonds is 8. The number of aryl methyl sites for hydroxylation is 2. The van der Waals surface area contributed by atoms with Gasteiger partial charge in [-0.05, 0) is 61.8 Å². The molecular weight excluding hydrogens is 513 g/mol. The first-order chi connectivity index (χ1) is 19.0. The van der Waals surface area contributed by atoms with Crippen LogP contribution in [0.4, 0.5) is 4.39 Å². The van der Waals surface area contributed by atoms with E-state index in [-0.39, 0.29) is 30.1 Å². The van der Waals surface area contributed by atoms with Gasteiger partial charge in [-0.2, -0.15) is 4.98 Å². The average Bonchev–Trinajstić information content (AvgIpc) is 3.60. The third-order valence-corrected chi connectivity index (χ3v) is 8.43. The molecule has 2 unspecified atom stereocenters. The van der Waals surface area contributed by atoms with Gasteiger partial charge in [-0.15, -0.1) is 5.10 Å². The number of ether oxygens (including phenoxy) is 2. The van der Waals surface area contributed by atoms with Gasteiger partial charge in [-0.3, -0.25) is 9.59 Å². The van der Waals surface area contributed by atoms with E-state index in [4.69, 9.17) is 16.0 Å². The molecule has 2 aromatic heterocycles. The Morgan fingerprint density at radius 3 is 2.70 bits per heavy atom. The average molecular weight is 548 g/mol. The maximum absolute atomic E-state index is 15.1. The molecular formula is C30H34FN5O4. The standard InChI is InChI=1S/C30H34FN5O4/c1-18-16-33-28-34-26(35-36(28)17-18)13-21-24(37)15-30(40-27(21)38,20-8-6-7-9-20)11-10-19-12-23(31)22(14-25(19)39-5)29(2,3)32-4/h12,14,16-17,20-21H,6-11,13,15H2,1-3,5H3. The van der Waals surface area contributed by atoms with Gasteiger partial charge >= 0.3 is 5.97 Å². The molecule has 1 aromatic carbocycles. The van der Waals surface area contributed by atoms with Crippen molar-refractivity contribution in [2.24, 2.45) is 11.8 Å². The molecule has 0 amide bonds. The SMILES string of the molecule is [C-]#[N+]C(C)(C)c1cc(OC)c(CCC2(C3CCCC3)CC(=O)C(Cc3nc4ncc(C)cn4n3)C(=O)O2)cc1F. The minimum atomic E-state index is -1.04. The van der Waals surface area contributed by atoms with Crippen LogP contribution in [0.25, 0.3) is 10.6 Å². The number of Topliss-reactive ketones (excluding diaryl/α,β-unsaturated/α-hetero) is 1. The van der Waals surface area contributed by atoms with E-state index in [9.17, 15) is 9.59 Å². The predicted octanol–water partition coefficient (Wildman–Crippen LogP) is 4.97. The lowest BCUT2D eigenvalue weighted by Gasteiger charge is -2.43. The summed E-state index contributed by atoms with van der Waals surface area (Å²) >= 11 is 0. The molecule has 0 N–H and O–H groups in total. The van der Waals surface area contributed by atoms with Crippen molar-refractivity contribution in [2.75, 3.05) is 7.11 Å². The number of cyclic esters (lactones) is 1. The van der Waals surface area contributed by atoms with Crippen LogP contribution in [0.5, 0.6) is 5.75 Å². The highest BCUT2D eigenvalue weighted by molar-refractivity contribution is 6.01. The zero-order valence-electron chi connectivity index (χ0n) is 23.4. The summed E-state index contributed by atoms with van der Waals surface area (Å²) in [5.41, 5.74) is -0.195. The molecule has 2 fully saturated rings. The zero-order chi connectivity index (χ0) is 28.7. The first-order valence-corrected chi connectivity index (χ1v) is 13.7. The van der Waals surface area contributed by atoms with Crippen molar-refractivity contribution in [3.8, 4) is 5.75 Å². The van der Waals surface area contributed by atoms with E-state index < -0.39 is 28.8 Å². The van der Waals surface area contributed by atoms with E-state index in [1.807, 2.05) is 6.92 Å². The van der Waals surface area contributed by atoms with Gasteiger partial charge in [0.1, 0.15) is 23.1 Å². The minimum absolute atomic E-state index is 0.0537. The van der Waals surface area contributed by atoms with Crippen LogP contribution in [-0.2, 0) is 32.7 Å². The van der Waals surface area contributed by atoms with Gasteiger partial charge in [-0.1, -0.05) is 12.8 Å². The van der Waals surface area contributed by atoms with Crippen LogP contribution in [0.3, 0.4) is 0 Å². The molecule has 1 aliphatic carbocycles. The number of nitrogens with zero attached hydrogens (tertiary/aromatic N) is 5. The number of fused-ring (bicyclic) bond motifs is 1. The van der Waals surface area contributed by atoms with E-state index in [0.717, 1.165) is 31.2 Å². The van der Waals surface area contributed by atoms with Crippen molar-refractivity contribution in [3.05, 3.63) is 64.3 Å². The second-order valence-electron chi connectivity index (χ2n) is 11.6. The lowest BCUT2D eigenvalue weighted by Crippen LogP contribution is -2.52. The molecule has 5 rings (SSSR count). The van der Waals surface area contributed by atoms with Gasteiger partial charge < -0.3 is 14.3 Å². The van der Waals surface area contributed by atoms with Gasteiger partial charge in [-0.25, -0.2) is 20.5 Å². The van der Waals surface area contributed by atoms with Gasteiger partial charge in [0.25, 0.3) is 11.3 Å². The maximum Gasteiger partial charge on any atom is 0.317 e. The van der Waals surface area contributed by atoms with E-state index in [0.29, 0.717) is 35.8 Å². The van der Waals surface area contributed by atoms with E-state index in [1.165, 1.54) is 13.2 Å². The fraction of sp³-hybridized carbons (Fsp3) is 0.533. The van der Waals surface area contributed by atoms with E-state index >= 15 is 4.39 Å². The highest BCUT2D eigenvalue weighted by Gasteiger charge is 2.51. The van der Waals surface area contributed by atoms with E-state index in [2.05, 4.69) is 19.9 Å². The minimum Gasteiger partial charge on any atom is -0.496 e. The fourth-order valence-corrected chi connectivity index (χ4v) is 6.12. The molecule has 0 spiro atoms.